The molecule has 1 N–H and O–H groups in total. The van der Waals surface area contributed by atoms with Gasteiger partial charge in [-0.15, -0.1) is 11.8 Å². The van der Waals surface area contributed by atoms with Crippen LogP contribution in [0.5, 0.6) is 0 Å². The van der Waals surface area contributed by atoms with Crippen molar-refractivity contribution in [1.29, 1.82) is 0 Å². The molecule has 25 heavy (non-hydrogen) atoms. The number of benzene rings is 2. The average Bonchev–Trinajstić information content (AvgIpc) is 2.58. The standard InChI is InChI=1S/C17H16ClN3O3S/c1-12-2-5-14(6-3-12)25-9-8-17(22)20-19-11-13-4-7-15(18)16(10-13)21(23)24/h2-7,10-11H,8-9H2,1H3,(H,20,22)/b19-11-. The monoisotopic (exact) mass is 377 g/mol. The molecule has 0 aliphatic heterocycles. The highest BCUT2D eigenvalue weighted by Crippen LogP contribution is 2.24. The van der Waals surface area contributed by atoms with Gasteiger partial charge in [-0.3, -0.25) is 14.9 Å². The summed E-state index contributed by atoms with van der Waals surface area (Å²) in [4.78, 5) is 23.1. The summed E-state index contributed by atoms with van der Waals surface area (Å²) in [5, 5.41) is 14.7. The number of rotatable bonds is 7. The number of thioether (sulfide) groups is 1. The molecule has 0 aliphatic carbocycles. The normalized spacial score (nSPS) is 10.8. The molecule has 0 atom stereocenters. The van der Waals surface area contributed by atoms with Crippen molar-refractivity contribution in [2.45, 2.75) is 18.2 Å². The molecule has 0 aliphatic rings. The minimum atomic E-state index is -0.569. The van der Waals surface area contributed by atoms with E-state index in [1.165, 1.54) is 23.9 Å². The highest BCUT2D eigenvalue weighted by atomic mass is 35.5. The lowest BCUT2D eigenvalue weighted by Crippen LogP contribution is -2.17. The van der Waals surface area contributed by atoms with Crippen molar-refractivity contribution in [1.82, 2.24) is 5.43 Å². The van der Waals surface area contributed by atoms with Crippen LogP contribution in [0.15, 0.2) is 52.5 Å². The Bertz CT molecular complexity index is 794. The van der Waals surface area contributed by atoms with Crippen molar-refractivity contribution in [3.05, 3.63) is 68.7 Å². The maximum Gasteiger partial charge on any atom is 0.288 e. The van der Waals surface area contributed by atoms with Crippen LogP contribution in [-0.2, 0) is 4.79 Å². The topological polar surface area (TPSA) is 84.6 Å². The van der Waals surface area contributed by atoms with E-state index in [-0.39, 0.29) is 16.6 Å². The van der Waals surface area contributed by atoms with Gasteiger partial charge in [0.25, 0.3) is 5.69 Å². The van der Waals surface area contributed by atoms with Crippen LogP contribution in [0.1, 0.15) is 17.5 Å². The summed E-state index contributed by atoms with van der Waals surface area (Å²) in [6.45, 7) is 2.02. The zero-order chi connectivity index (χ0) is 18.2. The Balaban J connectivity index is 1.79. The quantitative estimate of drug-likeness (QED) is 0.339. The van der Waals surface area contributed by atoms with Crippen LogP contribution in [0.25, 0.3) is 0 Å². The van der Waals surface area contributed by atoms with Gasteiger partial charge in [0.2, 0.25) is 5.91 Å². The van der Waals surface area contributed by atoms with Crippen molar-refractivity contribution in [2.24, 2.45) is 5.10 Å². The van der Waals surface area contributed by atoms with Crippen LogP contribution >= 0.6 is 23.4 Å². The molecule has 0 bridgehead atoms. The summed E-state index contributed by atoms with van der Waals surface area (Å²) < 4.78 is 0. The first kappa shape index (κ1) is 19.0. The van der Waals surface area contributed by atoms with E-state index >= 15 is 0 Å². The molecule has 0 fully saturated rings. The van der Waals surface area contributed by atoms with Gasteiger partial charge >= 0.3 is 0 Å². The smallest absolute Gasteiger partial charge is 0.273 e. The van der Waals surface area contributed by atoms with Gasteiger partial charge in [0, 0.05) is 28.7 Å². The van der Waals surface area contributed by atoms with Crippen LogP contribution in [0.2, 0.25) is 5.02 Å². The number of carbonyl (C=O) groups is 1. The third-order valence-electron chi connectivity index (χ3n) is 3.19. The van der Waals surface area contributed by atoms with E-state index < -0.39 is 4.92 Å². The lowest BCUT2D eigenvalue weighted by molar-refractivity contribution is -0.384. The molecule has 2 aromatic carbocycles. The third kappa shape index (κ3) is 6.21. The van der Waals surface area contributed by atoms with Crippen LogP contribution in [0.4, 0.5) is 5.69 Å². The molecule has 0 aromatic heterocycles. The summed E-state index contributed by atoms with van der Waals surface area (Å²) in [5.74, 6) is 0.413. The largest absolute Gasteiger partial charge is 0.288 e. The van der Waals surface area contributed by atoms with E-state index in [0.717, 1.165) is 4.90 Å². The lowest BCUT2D eigenvalue weighted by atomic mass is 10.2. The number of nitrogens with one attached hydrogen (secondary N) is 1. The van der Waals surface area contributed by atoms with E-state index in [9.17, 15) is 14.9 Å². The summed E-state index contributed by atoms with van der Waals surface area (Å²) in [7, 11) is 0. The summed E-state index contributed by atoms with van der Waals surface area (Å²) in [6, 6.07) is 12.4. The molecule has 0 heterocycles. The molecule has 6 nitrogen and oxygen atoms in total. The average molecular weight is 378 g/mol. The molecule has 1 amide bonds. The minimum Gasteiger partial charge on any atom is -0.273 e. The van der Waals surface area contributed by atoms with E-state index in [1.54, 1.807) is 17.8 Å². The number of halogens is 1. The Morgan fingerprint density at radius 1 is 1.32 bits per heavy atom. The zero-order valence-electron chi connectivity index (χ0n) is 13.4. The second-order valence-electron chi connectivity index (χ2n) is 5.17. The SMILES string of the molecule is Cc1ccc(SCCC(=O)N/N=C\c2ccc(Cl)c([N+](=O)[O-])c2)cc1. The number of nitrogens with zero attached hydrogens (tertiary/aromatic N) is 2. The molecular formula is C17H16ClN3O3S. The van der Waals surface area contributed by atoms with E-state index in [0.29, 0.717) is 17.7 Å². The maximum absolute atomic E-state index is 11.7. The van der Waals surface area contributed by atoms with Crippen molar-refractivity contribution in [2.75, 3.05) is 5.75 Å². The molecule has 0 saturated heterocycles. The molecule has 0 spiro atoms. The van der Waals surface area contributed by atoms with Crippen molar-refractivity contribution in [3.8, 4) is 0 Å². The third-order valence-corrected chi connectivity index (χ3v) is 4.52. The number of nitro benzene ring substituents is 1. The molecule has 2 rings (SSSR count). The first-order valence-corrected chi connectivity index (χ1v) is 8.77. The Labute approximate surface area is 154 Å². The first-order valence-electron chi connectivity index (χ1n) is 7.41. The zero-order valence-corrected chi connectivity index (χ0v) is 15.0. The van der Waals surface area contributed by atoms with Gasteiger partial charge in [-0.1, -0.05) is 35.4 Å². The van der Waals surface area contributed by atoms with Crippen molar-refractivity contribution < 1.29 is 9.72 Å². The van der Waals surface area contributed by atoms with Gasteiger partial charge in [-0.2, -0.15) is 5.10 Å². The van der Waals surface area contributed by atoms with Crippen LogP contribution in [0.3, 0.4) is 0 Å². The number of hydrogen-bond acceptors (Lipinski definition) is 5. The van der Waals surface area contributed by atoms with Gasteiger partial charge < -0.3 is 0 Å². The van der Waals surface area contributed by atoms with Crippen LogP contribution < -0.4 is 5.43 Å². The predicted octanol–water partition coefficient (Wildman–Crippen LogP) is 4.19. The molecule has 130 valence electrons. The van der Waals surface area contributed by atoms with Gasteiger partial charge in [0.1, 0.15) is 5.02 Å². The van der Waals surface area contributed by atoms with Crippen molar-refractivity contribution >= 4 is 41.2 Å². The maximum atomic E-state index is 11.7. The molecule has 0 saturated carbocycles. The van der Waals surface area contributed by atoms with Gasteiger partial charge in [0.05, 0.1) is 11.1 Å². The Kier molecular flexibility index (Phi) is 6.97. The Hall–Kier alpha value is -2.38. The van der Waals surface area contributed by atoms with Crippen LogP contribution in [0, 0.1) is 17.0 Å². The number of hydrazone groups is 1. The highest BCUT2D eigenvalue weighted by Gasteiger charge is 2.11. The second kappa shape index (κ2) is 9.19. The fraction of sp³-hybridized carbons (Fsp3) is 0.176. The fourth-order valence-electron chi connectivity index (χ4n) is 1.88. The molecule has 2 aromatic rings. The number of hydrogen-bond donors (Lipinski definition) is 1. The van der Waals surface area contributed by atoms with Gasteiger partial charge in [-0.05, 0) is 25.1 Å². The highest BCUT2D eigenvalue weighted by molar-refractivity contribution is 7.99. The minimum absolute atomic E-state index is 0.0549. The molecular weight excluding hydrogens is 362 g/mol. The predicted molar refractivity (Wildman–Crippen MR) is 100 cm³/mol. The first-order chi connectivity index (χ1) is 12.0. The number of nitro groups is 1. The summed E-state index contributed by atoms with van der Waals surface area (Å²) in [5.41, 5.74) is 3.87. The molecule has 0 unspecified atom stereocenters. The summed E-state index contributed by atoms with van der Waals surface area (Å²) in [6.07, 6.45) is 1.66. The number of aryl methyl sites for hydroxylation is 1. The number of amides is 1. The fourth-order valence-corrected chi connectivity index (χ4v) is 2.92. The lowest BCUT2D eigenvalue weighted by Gasteiger charge is -2.02. The summed E-state index contributed by atoms with van der Waals surface area (Å²) >= 11 is 7.33. The van der Waals surface area contributed by atoms with Crippen LogP contribution in [-0.4, -0.2) is 22.8 Å². The van der Waals surface area contributed by atoms with E-state index in [2.05, 4.69) is 10.5 Å². The Morgan fingerprint density at radius 2 is 2.04 bits per heavy atom. The second-order valence-corrected chi connectivity index (χ2v) is 6.75. The Morgan fingerprint density at radius 3 is 2.72 bits per heavy atom. The van der Waals surface area contributed by atoms with E-state index in [4.69, 9.17) is 11.6 Å². The molecule has 8 heteroatoms. The number of carbonyl (C=O) groups excluding carboxylic acids is 1. The van der Waals surface area contributed by atoms with Crippen molar-refractivity contribution in [3.63, 3.8) is 0 Å². The molecule has 0 radical (unpaired) electrons. The van der Waals surface area contributed by atoms with Gasteiger partial charge in [0.15, 0.2) is 0 Å². The van der Waals surface area contributed by atoms with E-state index in [1.807, 2.05) is 31.2 Å². The van der Waals surface area contributed by atoms with Gasteiger partial charge in [-0.25, -0.2) is 5.43 Å².